The summed E-state index contributed by atoms with van der Waals surface area (Å²) < 4.78 is 4.71. The molecule has 0 unspecified atom stereocenters. The lowest BCUT2D eigenvalue weighted by atomic mass is 10.1. The molecule has 70 valence electrons. The van der Waals surface area contributed by atoms with Crippen LogP contribution in [0.1, 0.15) is 24.5 Å². The molecule has 0 radical (unpaired) electrons. The fourth-order valence-corrected chi connectivity index (χ4v) is 1.40. The molecule has 0 saturated heterocycles. The predicted molar refractivity (Wildman–Crippen MR) is 44.0 cm³/mol. The molecule has 13 heavy (non-hydrogen) atoms. The Balaban J connectivity index is 2.30. The molecule has 0 spiro atoms. The van der Waals surface area contributed by atoms with E-state index in [0.717, 1.165) is 18.7 Å². The van der Waals surface area contributed by atoms with Crippen molar-refractivity contribution in [3.05, 3.63) is 11.6 Å². The molecule has 0 atom stereocenters. The van der Waals surface area contributed by atoms with E-state index in [1.54, 1.807) is 0 Å². The van der Waals surface area contributed by atoms with E-state index in [4.69, 9.17) is 4.74 Å². The van der Waals surface area contributed by atoms with Crippen molar-refractivity contribution in [1.82, 2.24) is 15.2 Å². The molecule has 1 aromatic heterocycles. The molecular formula is C8H11N3O2. The second-order valence-corrected chi connectivity index (χ2v) is 3.32. The molecule has 0 amide bonds. The fraction of sp³-hybridized carbons (Fsp3) is 0.625. The van der Waals surface area contributed by atoms with Crippen LogP contribution in [-0.4, -0.2) is 28.3 Å². The second kappa shape index (κ2) is 2.55. The molecule has 0 bridgehead atoms. The summed E-state index contributed by atoms with van der Waals surface area (Å²) in [5.41, 5.74) is -0.542. The van der Waals surface area contributed by atoms with Crippen molar-refractivity contribution in [2.75, 3.05) is 7.11 Å². The van der Waals surface area contributed by atoms with Crippen LogP contribution in [0.4, 0.5) is 0 Å². The summed E-state index contributed by atoms with van der Waals surface area (Å²) in [6.45, 7) is 1.81. The van der Waals surface area contributed by atoms with E-state index in [-0.39, 0.29) is 5.97 Å². The van der Waals surface area contributed by atoms with Gasteiger partial charge in [-0.05, 0) is 19.8 Å². The Kier molecular flexibility index (Phi) is 1.61. The van der Waals surface area contributed by atoms with Gasteiger partial charge in [-0.1, -0.05) is 0 Å². The summed E-state index contributed by atoms with van der Waals surface area (Å²) in [5, 5.41) is 6.71. The Bertz CT molecular complexity index is 341. The van der Waals surface area contributed by atoms with E-state index in [1.165, 1.54) is 7.11 Å². The number of H-pyrrole nitrogens is 1. The lowest BCUT2D eigenvalue weighted by Crippen LogP contribution is -2.23. The van der Waals surface area contributed by atoms with Gasteiger partial charge in [0.2, 0.25) is 0 Å². The number of aromatic amines is 1. The van der Waals surface area contributed by atoms with Crippen molar-refractivity contribution in [2.45, 2.75) is 25.2 Å². The smallest absolute Gasteiger partial charge is 0.319 e. The number of ether oxygens (including phenoxy) is 1. The van der Waals surface area contributed by atoms with Gasteiger partial charge in [-0.3, -0.25) is 9.89 Å². The van der Waals surface area contributed by atoms with Gasteiger partial charge in [-0.2, -0.15) is 5.10 Å². The molecule has 1 heterocycles. The fourth-order valence-electron chi connectivity index (χ4n) is 1.40. The number of carbonyl (C=O) groups is 1. The molecule has 1 fully saturated rings. The monoisotopic (exact) mass is 181 g/mol. The summed E-state index contributed by atoms with van der Waals surface area (Å²) in [4.78, 5) is 15.5. The SMILES string of the molecule is COC(=O)C1(c2n[nH]c(C)n2)CC1. The van der Waals surface area contributed by atoms with Gasteiger partial charge < -0.3 is 4.74 Å². The maximum atomic E-state index is 11.4. The number of methoxy groups -OCH3 is 1. The highest BCUT2D eigenvalue weighted by Gasteiger charge is 2.55. The van der Waals surface area contributed by atoms with Gasteiger partial charge in [-0.15, -0.1) is 0 Å². The van der Waals surface area contributed by atoms with Crippen molar-refractivity contribution in [3.63, 3.8) is 0 Å². The van der Waals surface area contributed by atoms with Crippen molar-refractivity contribution in [3.8, 4) is 0 Å². The minimum absolute atomic E-state index is 0.230. The summed E-state index contributed by atoms with van der Waals surface area (Å²) in [6, 6.07) is 0. The van der Waals surface area contributed by atoms with Crippen molar-refractivity contribution < 1.29 is 9.53 Å². The van der Waals surface area contributed by atoms with Gasteiger partial charge in [0, 0.05) is 0 Å². The highest BCUT2D eigenvalue weighted by atomic mass is 16.5. The van der Waals surface area contributed by atoms with Crippen molar-refractivity contribution >= 4 is 5.97 Å². The van der Waals surface area contributed by atoms with Crippen molar-refractivity contribution in [1.29, 1.82) is 0 Å². The third kappa shape index (κ3) is 1.11. The summed E-state index contributed by atoms with van der Waals surface area (Å²) in [6.07, 6.45) is 1.58. The lowest BCUT2D eigenvalue weighted by Gasteiger charge is -2.06. The average molecular weight is 181 g/mol. The summed E-state index contributed by atoms with van der Waals surface area (Å²) in [7, 11) is 1.39. The zero-order valence-corrected chi connectivity index (χ0v) is 7.63. The number of nitrogens with zero attached hydrogens (tertiary/aromatic N) is 2. The molecule has 5 nitrogen and oxygen atoms in total. The summed E-state index contributed by atoms with van der Waals surface area (Å²) in [5.74, 6) is 1.06. The highest BCUT2D eigenvalue weighted by molar-refractivity contribution is 5.85. The largest absolute Gasteiger partial charge is 0.468 e. The lowest BCUT2D eigenvalue weighted by molar-refractivity contribution is -0.143. The molecule has 1 N–H and O–H groups in total. The van der Waals surface area contributed by atoms with Crippen LogP contribution >= 0.6 is 0 Å². The van der Waals surface area contributed by atoms with Gasteiger partial charge in [0.1, 0.15) is 11.2 Å². The second-order valence-electron chi connectivity index (χ2n) is 3.32. The van der Waals surface area contributed by atoms with Crippen LogP contribution in [-0.2, 0) is 14.9 Å². The molecular weight excluding hydrogens is 170 g/mol. The molecule has 0 aliphatic heterocycles. The minimum atomic E-state index is -0.542. The van der Waals surface area contributed by atoms with Gasteiger partial charge in [0.15, 0.2) is 5.82 Å². The Morgan fingerprint density at radius 1 is 1.62 bits per heavy atom. The van der Waals surface area contributed by atoms with Gasteiger partial charge in [0.25, 0.3) is 0 Å². The van der Waals surface area contributed by atoms with Crippen molar-refractivity contribution in [2.24, 2.45) is 0 Å². The maximum Gasteiger partial charge on any atom is 0.319 e. The average Bonchev–Trinajstić information content (AvgIpc) is 2.83. The van der Waals surface area contributed by atoms with Crippen LogP contribution in [0, 0.1) is 6.92 Å². The van der Waals surface area contributed by atoms with Gasteiger partial charge >= 0.3 is 5.97 Å². The van der Waals surface area contributed by atoms with Gasteiger partial charge in [-0.25, -0.2) is 4.98 Å². The standard InChI is InChI=1S/C8H11N3O2/c1-5-9-6(11-10-5)8(3-4-8)7(12)13-2/h3-4H2,1-2H3,(H,9,10,11). The molecule has 0 aromatic carbocycles. The van der Waals surface area contributed by atoms with E-state index in [1.807, 2.05) is 6.92 Å². The van der Waals surface area contributed by atoms with Crippen LogP contribution in [0.2, 0.25) is 0 Å². The number of rotatable bonds is 2. The first-order valence-corrected chi connectivity index (χ1v) is 4.17. The zero-order chi connectivity index (χ0) is 9.47. The van der Waals surface area contributed by atoms with Crippen LogP contribution in [0.5, 0.6) is 0 Å². The maximum absolute atomic E-state index is 11.4. The number of aromatic nitrogens is 3. The van der Waals surface area contributed by atoms with Crippen LogP contribution in [0.25, 0.3) is 0 Å². The Morgan fingerprint density at radius 3 is 2.69 bits per heavy atom. The molecule has 5 heteroatoms. The topological polar surface area (TPSA) is 67.9 Å². The minimum Gasteiger partial charge on any atom is -0.468 e. The molecule has 2 rings (SSSR count). The normalized spacial score (nSPS) is 18.3. The highest BCUT2D eigenvalue weighted by Crippen LogP contribution is 2.47. The number of esters is 1. The first-order chi connectivity index (χ1) is 6.19. The number of aryl methyl sites for hydroxylation is 1. The van der Waals surface area contributed by atoms with Crippen LogP contribution in [0.15, 0.2) is 0 Å². The molecule has 1 saturated carbocycles. The van der Waals surface area contributed by atoms with E-state index in [9.17, 15) is 4.79 Å². The molecule has 1 aromatic rings. The van der Waals surface area contributed by atoms with Crippen LogP contribution in [0.3, 0.4) is 0 Å². The van der Waals surface area contributed by atoms with E-state index >= 15 is 0 Å². The van der Waals surface area contributed by atoms with E-state index in [0.29, 0.717) is 5.82 Å². The first-order valence-electron chi connectivity index (χ1n) is 4.17. The molecule has 1 aliphatic rings. The predicted octanol–water partition coefficient (Wildman–Crippen LogP) is 0.318. The van der Waals surface area contributed by atoms with Gasteiger partial charge in [0.05, 0.1) is 7.11 Å². The van der Waals surface area contributed by atoms with E-state index in [2.05, 4.69) is 15.2 Å². The van der Waals surface area contributed by atoms with E-state index < -0.39 is 5.41 Å². The number of hydrogen-bond acceptors (Lipinski definition) is 4. The number of carbonyl (C=O) groups excluding carboxylic acids is 1. The summed E-state index contributed by atoms with van der Waals surface area (Å²) >= 11 is 0. The first kappa shape index (κ1) is 8.22. The van der Waals surface area contributed by atoms with Crippen LogP contribution < -0.4 is 0 Å². The quantitative estimate of drug-likeness (QED) is 0.667. The number of hydrogen-bond donors (Lipinski definition) is 1. The zero-order valence-electron chi connectivity index (χ0n) is 7.63. The molecule has 1 aliphatic carbocycles. The third-order valence-electron chi connectivity index (χ3n) is 2.35. The number of nitrogens with one attached hydrogen (secondary N) is 1. The third-order valence-corrected chi connectivity index (χ3v) is 2.35. The Labute approximate surface area is 75.5 Å². The Morgan fingerprint density at radius 2 is 2.31 bits per heavy atom. The Hall–Kier alpha value is -1.39.